The second kappa shape index (κ2) is 8.14. The molecule has 106 valence electrons. The monoisotopic (exact) mass is 274 g/mol. The van der Waals surface area contributed by atoms with Gasteiger partial charge in [0, 0.05) is 6.04 Å². The van der Waals surface area contributed by atoms with E-state index < -0.39 is 5.82 Å². The van der Waals surface area contributed by atoms with E-state index in [0.29, 0.717) is 5.69 Å². The molecule has 0 saturated carbocycles. The minimum atomic E-state index is -0.404. The molecule has 0 amide bonds. The molecule has 0 bridgehead atoms. The van der Waals surface area contributed by atoms with Crippen molar-refractivity contribution in [1.29, 1.82) is 10.5 Å². The molecule has 1 aromatic carbocycles. The van der Waals surface area contributed by atoms with Crippen molar-refractivity contribution in [2.45, 2.75) is 26.3 Å². The first-order valence-corrected chi connectivity index (χ1v) is 6.65. The Morgan fingerprint density at radius 1 is 1.30 bits per heavy atom. The predicted molar refractivity (Wildman–Crippen MR) is 76.5 cm³/mol. The Hall–Kier alpha value is -2.11. The molecule has 1 aromatic rings. The lowest BCUT2D eigenvalue weighted by molar-refractivity contribution is 0.562. The predicted octanol–water partition coefficient (Wildman–Crippen LogP) is 2.74. The van der Waals surface area contributed by atoms with Crippen LogP contribution < -0.4 is 10.2 Å². The minimum Gasteiger partial charge on any atom is -0.343 e. The molecule has 0 radical (unpaired) electrons. The normalized spacial score (nSPS) is 11.4. The van der Waals surface area contributed by atoms with Crippen LogP contribution >= 0.6 is 0 Å². The van der Waals surface area contributed by atoms with Crippen LogP contribution in [0.1, 0.15) is 31.9 Å². The number of hydrogen-bond acceptors (Lipinski definition) is 4. The Balaban J connectivity index is 2.92. The van der Waals surface area contributed by atoms with Gasteiger partial charge in [0.2, 0.25) is 0 Å². The third-order valence-corrected chi connectivity index (χ3v) is 3.04. The number of nitrogens with one attached hydrogen (secondary N) is 1. The fraction of sp³-hybridized carbons (Fsp3) is 0.467. The van der Waals surface area contributed by atoms with E-state index in [9.17, 15) is 4.39 Å². The zero-order chi connectivity index (χ0) is 15.0. The Morgan fingerprint density at radius 3 is 2.45 bits per heavy atom. The maximum Gasteiger partial charge on any atom is 0.146 e. The topological polar surface area (TPSA) is 62.9 Å². The quantitative estimate of drug-likeness (QED) is 0.776. The van der Waals surface area contributed by atoms with Crippen molar-refractivity contribution in [3.8, 4) is 12.1 Å². The summed E-state index contributed by atoms with van der Waals surface area (Å²) in [5, 5.41) is 20.7. The lowest BCUT2D eigenvalue weighted by Gasteiger charge is -2.20. The highest BCUT2D eigenvalue weighted by molar-refractivity contribution is 5.51. The molecule has 1 N–H and O–H groups in total. The second-order valence-corrected chi connectivity index (χ2v) is 4.56. The molecule has 5 heteroatoms. The summed E-state index contributed by atoms with van der Waals surface area (Å²) in [5.41, 5.74) is 1.15. The van der Waals surface area contributed by atoms with Crippen molar-refractivity contribution in [2.24, 2.45) is 0 Å². The van der Waals surface area contributed by atoms with Crippen LogP contribution in [0.25, 0.3) is 0 Å². The number of benzene rings is 1. The van der Waals surface area contributed by atoms with Crippen molar-refractivity contribution in [1.82, 2.24) is 5.32 Å². The average Bonchev–Trinajstić information content (AvgIpc) is 2.44. The highest BCUT2D eigenvalue weighted by Crippen LogP contribution is 2.23. The minimum absolute atomic E-state index is 0.00648. The summed E-state index contributed by atoms with van der Waals surface area (Å²) in [6.07, 6.45) is 1.02. The van der Waals surface area contributed by atoms with Crippen LogP contribution in [0.3, 0.4) is 0 Å². The molecule has 0 fully saturated rings. The first-order valence-electron chi connectivity index (χ1n) is 6.65. The van der Waals surface area contributed by atoms with Crippen LogP contribution in [-0.2, 0) is 0 Å². The van der Waals surface area contributed by atoms with Gasteiger partial charge in [-0.05, 0) is 37.6 Å². The third kappa shape index (κ3) is 4.22. The van der Waals surface area contributed by atoms with E-state index >= 15 is 0 Å². The van der Waals surface area contributed by atoms with Gasteiger partial charge in [-0.3, -0.25) is 0 Å². The summed E-state index contributed by atoms with van der Waals surface area (Å²) < 4.78 is 14.1. The van der Waals surface area contributed by atoms with Crippen LogP contribution in [0.4, 0.5) is 10.1 Å². The van der Waals surface area contributed by atoms with E-state index in [1.807, 2.05) is 25.1 Å². The summed E-state index contributed by atoms with van der Waals surface area (Å²) in [6.45, 7) is 4.91. The van der Waals surface area contributed by atoms with Gasteiger partial charge in [-0.1, -0.05) is 13.0 Å². The maximum atomic E-state index is 14.1. The lowest BCUT2D eigenvalue weighted by atomic mass is 10.1. The van der Waals surface area contributed by atoms with Crippen LogP contribution in [0.5, 0.6) is 0 Å². The van der Waals surface area contributed by atoms with Gasteiger partial charge in [0.15, 0.2) is 0 Å². The Bertz CT molecular complexity index is 500. The van der Waals surface area contributed by atoms with E-state index in [4.69, 9.17) is 10.5 Å². The highest BCUT2D eigenvalue weighted by Gasteiger charge is 2.13. The molecule has 0 aliphatic carbocycles. The standard InChI is InChI=1S/C15H19FN4/c1-3-8-19-12(2)13-4-5-15(14(16)11-13)20(9-6-17)10-7-18/h4-5,11-12,19H,3,8-10H2,1-2H3. The van der Waals surface area contributed by atoms with Crippen LogP contribution in [0, 0.1) is 28.5 Å². The van der Waals surface area contributed by atoms with Gasteiger partial charge in [0.05, 0.1) is 17.8 Å². The Morgan fingerprint density at radius 2 is 1.95 bits per heavy atom. The molecule has 4 nitrogen and oxygen atoms in total. The summed E-state index contributed by atoms with van der Waals surface area (Å²) in [4.78, 5) is 1.42. The van der Waals surface area contributed by atoms with E-state index in [-0.39, 0.29) is 19.1 Å². The zero-order valence-electron chi connectivity index (χ0n) is 11.9. The van der Waals surface area contributed by atoms with E-state index in [2.05, 4.69) is 12.2 Å². The van der Waals surface area contributed by atoms with Crippen molar-refractivity contribution in [3.63, 3.8) is 0 Å². The molecular formula is C15H19FN4. The van der Waals surface area contributed by atoms with E-state index in [1.54, 1.807) is 6.07 Å². The molecule has 1 rings (SSSR count). The smallest absolute Gasteiger partial charge is 0.146 e. The largest absolute Gasteiger partial charge is 0.343 e. The molecule has 0 aliphatic heterocycles. The number of hydrogen-bond donors (Lipinski definition) is 1. The van der Waals surface area contributed by atoms with Crippen molar-refractivity contribution >= 4 is 5.69 Å². The van der Waals surface area contributed by atoms with Crippen molar-refractivity contribution in [3.05, 3.63) is 29.6 Å². The summed E-state index contributed by atoms with van der Waals surface area (Å²) in [7, 11) is 0. The molecular weight excluding hydrogens is 255 g/mol. The van der Waals surface area contributed by atoms with Crippen LogP contribution in [0.15, 0.2) is 18.2 Å². The molecule has 0 heterocycles. The van der Waals surface area contributed by atoms with Crippen molar-refractivity contribution in [2.75, 3.05) is 24.5 Å². The number of anilines is 1. The zero-order valence-corrected chi connectivity index (χ0v) is 11.9. The molecule has 1 unspecified atom stereocenters. The van der Waals surface area contributed by atoms with Gasteiger partial charge >= 0.3 is 0 Å². The van der Waals surface area contributed by atoms with E-state index in [1.165, 1.54) is 11.0 Å². The summed E-state index contributed by atoms with van der Waals surface area (Å²) >= 11 is 0. The summed E-state index contributed by atoms with van der Waals surface area (Å²) in [5.74, 6) is -0.404. The first kappa shape index (κ1) is 15.9. The molecule has 0 saturated heterocycles. The van der Waals surface area contributed by atoms with Gasteiger partial charge in [-0.25, -0.2) is 4.39 Å². The van der Waals surface area contributed by atoms with Gasteiger partial charge in [-0.15, -0.1) is 0 Å². The number of rotatable bonds is 7. The fourth-order valence-corrected chi connectivity index (χ4v) is 1.92. The van der Waals surface area contributed by atoms with Crippen molar-refractivity contribution < 1.29 is 4.39 Å². The second-order valence-electron chi connectivity index (χ2n) is 4.56. The summed E-state index contributed by atoms with van der Waals surface area (Å²) in [6, 6.07) is 8.87. The van der Waals surface area contributed by atoms with Crippen LogP contribution in [0.2, 0.25) is 0 Å². The number of nitrogens with zero attached hydrogens (tertiary/aromatic N) is 3. The fourth-order valence-electron chi connectivity index (χ4n) is 1.92. The molecule has 0 aliphatic rings. The first-order chi connectivity index (χ1) is 9.63. The maximum absolute atomic E-state index is 14.1. The van der Waals surface area contributed by atoms with Crippen LogP contribution in [-0.4, -0.2) is 19.6 Å². The molecule has 0 aromatic heterocycles. The number of halogens is 1. The SMILES string of the molecule is CCCNC(C)c1ccc(N(CC#N)CC#N)c(F)c1. The average molecular weight is 274 g/mol. The van der Waals surface area contributed by atoms with Gasteiger partial charge in [0.1, 0.15) is 18.9 Å². The van der Waals surface area contributed by atoms with E-state index in [0.717, 1.165) is 18.5 Å². The number of nitriles is 2. The molecule has 0 spiro atoms. The molecule has 1 atom stereocenters. The lowest BCUT2D eigenvalue weighted by Crippen LogP contribution is -2.25. The van der Waals surface area contributed by atoms with Gasteiger partial charge < -0.3 is 10.2 Å². The Kier molecular flexibility index (Phi) is 6.49. The van der Waals surface area contributed by atoms with Gasteiger partial charge in [-0.2, -0.15) is 10.5 Å². The molecule has 20 heavy (non-hydrogen) atoms. The van der Waals surface area contributed by atoms with Gasteiger partial charge in [0.25, 0.3) is 0 Å². The highest BCUT2D eigenvalue weighted by atomic mass is 19.1. The Labute approximate surface area is 119 Å². The third-order valence-electron chi connectivity index (χ3n) is 3.04.